The summed E-state index contributed by atoms with van der Waals surface area (Å²) in [6.45, 7) is 2.17. The molecule has 0 aromatic heterocycles. The van der Waals surface area contributed by atoms with Gasteiger partial charge in [0.25, 0.3) is 0 Å². The minimum atomic E-state index is -1.01. The fourth-order valence-corrected chi connectivity index (χ4v) is 2.11. The van der Waals surface area contributed by atoms with Gasteiger partial charge in [-0.05, 0) is 24.5 Å². The first-order valence-corrected chi connectivity index (χ1v) is 6.69. The van der Waals surface area contributed by atoms with E-state index in [4.69, 9.17) is 5.11 Å². The molecule has 0 amide bonds. The number of rotatable bonds is 8. The number of carboxylic acid groups (broad SMARTS) is 1. The molecule has 0 aliphatic carbocycles. The van der Waals surface area contributed by atoms with Gasteiger partial charge in [-0.1, -0.05) is 51.2 Å². The number of unbranched alkanes of at least 4 members (excludes halogenated alkanes) is 5. The van der Waals surface area contributed by atoms with Gasteiger partial charge < -0.3 is 10.2 Å². The molecule has 0 aliphatic rings. The number of hydrogen-bond donors (Lipinski definition) is 1. The Bertz CT molecular complexity index is 391. The van der Waals surface area contributed by atoms with Crippen molar-refractivity contribution >= 4 is 5.97 Å². The van der Waals surface area contributed by atoms with Gasteiger partial charge in [-0.3, -0.25) is 0 Å². The van der Waals surface area contributed by atoms with Crippen molar-refractivity contribution in [3.63, 3.8) is 0 Å². The van der Waals surface area contributed by atoms with Gasteiger partial charge in [0.1, 0.15) is 0 Å². The van der Waals surface area contributed by atoms with Crippen molar-refractivity contribution in [3.8, 4) is 5.75 Å². The zero-order valence-corrected chi connectivity index (χ0v) is 13.9. The van der Waals surface area contributed by atoms with Gasteiger partial charge >= 0.3 is 35.5 Å². The van der Waals surface area contributed by atoms with Crippen LogP contribution >= 0.6 is 0 Å². The van der Waals surface area contributed by atoms with Crippen LogP contribution in [0, 0.1) is 0 Å². The fraction of sp³-hybridized carbons (Fsp3) is 0.533. The number of carbonyl (C=O) groups is 1. The normalized spacial score (nSPS) is 9.95. The summed E-state index contributed by atoms with van der Waals surface area (Å²) in [6.07, 6.45) is 7.38. The van der Waals surface area contributed by atoms with Gasteiger partial charge in [0.05, 0.1) is 5.56 Å². The first-order chi connectivity index (χ1) is 8.66. The van der Waals surface area contributed by atoms with Crippen LogP contribution in [0.1, 0.15) is 61.4 Å². The van der Waals surface area contributed by atoms with Crippen LogP contribution in [0.4, 0.5) is 0 Å². The predicted octanol–water partition coefficient (Wildman–Crippen LogP) is 0.365. The van der Waals surface area contributed by atoms with Crippen LogP contribution < -0.4 is 34.7 Å². The summed E-state index contributed by atoms with van der Waals surface area (Å²) in [6, 6.07) is 4.46. The summed E-state index contributed by atoms with van der Waals surface area (Å²) in [5, 5.41) is 20.7. The largest absolute Gasteiger partial charge is 1.00 e. The van der Waals surface area contributed by atoms with Gasteiger partial charge in [0, 0.05) is 0 Å². The van der Waals surface area contributed by atoms with Crippen molar-refractivity contribution in [2.45, 2.75) is 51.9 Å². The number of benzene rings is 1. The Balaban J connectivity index is 0.00000324. The molecule has 0 unspecified atom stereocenters. The molecule has 0 fully saturated rings. The van der Waals surface area contributed by atoms with E-state index in [2.05, 4.69) is 6.92 Å². The van der Waals surface area contributed by atoms with E-state index in [-0.39, 0.29) is 40.9 Å². The first kappa shape index (κ1) is 18.5. The molecule has 3 nitrogen and oxygen atoms in total. The van der Waals surface area contributed by atoms with E-state index in [9.17, 15) is 9.90 Å². The summed E-state index contributed by atoms with van der Waals surface area (Å²) in [5.74, 6) is -1.16. The van der Waals surface area contributed by atoms with Crippen molar-refractivity contribution in [2.24, 2.45) is 0 Å². The molecule has 1 aromatic carbocycles. The van der Waals surface area contributed by atoms with E-state index in [1.54, 1.807) is 0 Å². The maximum Gasteiger partial charge on any atom is 1.00 e. The zero-order chi connectivity index (χ0) is 13.4. The van der Waals surface area contributed by atoms with E-state index in [1.807, 2.05) is 0 Å². The van der Waals surface area contributed by atoms with Gasteiger partial charge in [-0.25, -0.2) is 4.79 Å². The topological polar surface area (TPSA) is 60.4 Å². The summed E-state index contributed by atoms with van der Waals surface area (Å²) >= 11 is 0. The maximum absolute atomic E-state index is 11.6. The van der Waals surface area contributed by atoms with Gasteiger partial charge in [-0.15, -0.1) is 5.75 Å². The molecule has 100 valence electrons. The van der Waals surface area contributed by atoms with Gasteiger partial charge in [0.15, 0.2) is 0 Å². The average molecular weight is 272 g/mol. The zero-order valence-electron chi connectivity index (χ0n) is 11.9. The molecule has 0 spiro atoms. The van der Waals surface area contributed by atoms with Crippen LogP contribution in [0.25, 0.3) is 0 Å². The Morgan fingerprint density at radius 1 is 1.16 bits per heavy atom. The average Bonchev–Trinajstić information content (AvgIpc) is 2.34. The molecule has 1 rings (SSSR count). The molecule has 0 heterocycles. The molecule has 1 aromatic rings. The second-order valence-corrected chi connectivity index (χ2v) is 4.61. The van der Waals surface area contributed by atoms with Crippen LogP contribution in [0.15, 0.2) is 18.2 Å². The van der Waals surface area contributed by atoms with Crippen molar-refractivity contribution in [1.82, 2.24) is 0 Å². The van der Waals surface area contributed by atoms with Crippen molar-refractivity contribution in [3.05, 3.63) is 29.3 Å². The molecule has 4 heteroatoms. The van der Waals surface area contributed by atoms with Gasteiger partial charge in [0.2, 0.25) is 0 Å². The Morgan fingerprint density at radius 3 is 2.42 bits per heavy atom. The van der Waals surface area contributed by atoms with Crippen LogP contribution in [0.3, 0.4) is 0 Å². The third kappa shape index (κ3) is 6.46. The third-order valence-electron chi connectivity index (χ3n) is 3.14. The molecule has 1 N–H and O–H groups in total. The Kier molecular flexibility index (Phi) is 10.0. The second kappa shape index (κ2) is 10.3. The van der Waals surface area contributed by atoms with E-state index in [0.29, 0.717) is 12.0 Å². The second-order valence-electron chi connectivity index (χ2n) is 4.61. The number of aromatic carboxylic acids is 1. The van der Waals surface area contributed by atoms with E-state index < -0.39 is 5.97 Å². The Labute approximate surface area is 137 Å². The third-order valence-corrected chi connectivity index (χ3v) is 3.14. The van der Waals surface area contributed by atoms with Crippen LogP contribution in [-0.2, 0) is 6.42 Å². The summed E-state index contributed by atoms with van der Waals surface area (Å²) in [7, 11) is 0. The van der Waals surface area contributed by atoms with E-state index >= 15 is 0 Å². The van der Waals surface area contributed by atoms with Crippen molar-refractivity contribution in [1.29, 1.82) is 0 Å². The van der Waals surface area contributed by atoms with Gasteiger partial charge in [-0.2, -0.15) is 0 Å². The number of carboxylic acids is 1. The Hall–Kier alpha value is -0.510. The Morgan fingerprint density at radius 2 is 1.79 bits per heavy atom. The summed E-state index contributed by atoms with van der Waals surface area (Å²) < 4.78 is 0. The first-order valence-electron chi connectivity index (χ1n) is 6.69. The summed E-state index contributed by atoms with van der Waals surface area (Å²) in [4.78, 5) is 11.0. The van der Waals surface area contributed by atoms with E-state index in [1.165, 1.54) is 37.5 Å². The van der Waals surface area contributed by atoms with Crippen molar-refractivity contribution in [2.75, 3.05) is 0 Å². The monoisotopic (exact) mass is 272 g/mol. The molecule has 0 saturated carbocycles. The smallest absolute Gasteiger partial charge is 0.872 e. The van der Waals surface area contributed by atoms with Crippen LogP contribution in [-0.4, -0.2) is 11.1 Å². The molecule has 0 aliphatic heterocycles. The maximum atomic E-state index is 11.6. The number of hydrogen-bond acceptors (Lipinski definition) is 2. The molecular formula is C15H21NaO3. The summed E-state index contributed by atoms with van der Waals surface area (Å²) in [5.41, 5.74) is 0.622. The molecule has 0 bridgehead atoms. The van der Waals surface area contributed by atoms with E-state index in [0.717, 1.165) is 19.3 Å². The SMILES string of the molecule is CCCCCCCCc1c([O-])cccc1C(=O)O.[Na+]. The minimum Gasteiger partial charge on any atom is -0.872 e. The molecule has 0 atom stereocenters. The molecule has 0 saturated heterocycles. The molecule has 0 radical (unpaired) electrons. The quantitative estimate of drug-likeness (QED) is 0.549. The molecular weight excluding hydrogens is 251 g/mol. The minimum absolute atomic E-state index is 0. The van der Waals surface area contributed by atoms with Crippen LogP contribution in [0.2, 0.25) is 0 Å². The fourth-order valence-electron chi connectivity index (χ4n) is 2.11. The predicted molar refractivity (Wildman–Crippen MR) is 69.9 cm³/mol. The standard InChI is InChI=1S/C15H22O3.Na/c1-2-3-4-5-6-7-9-12-13(15(17)18)10-8-11-14(12)16;/h8,10-11,16H,2-7,9H2,1H3,(H,17,18);/q;+1/p-1. The van der Waals surface area contributed by atoms with Crippen molar-refractivity contribution < 1.29 is 44.6 Å². The molecule has 19 heavy (non-hydrogen) atoms. The van der Waals surface area contributed by atoms with Crippen LogP contribution in [0.5, 0.6) is 5.75 Å².